The maximum atomic E-state index is 9.51. The van der Waals surface area contributed by atoms with Gasteiger partial charge in [0.1, 0.15) is 33.5 Å². The summed E-state index contributed by atoms with van der Waals surface area (Å²) < 4.78 is 5.92. The van der Waals surface area contributed by atoms with Crippen molar-refractivity contribution in [3.8, 4) is 11.8 Å². The van der Waals surface area contributed by atoms with Crippen LogP contribution in [0.2, 0.25) is 5.02 Å². The van der Waals surface area contributed by atoms with Gasteiger partial charge in [-0.15, -0.1) is 0 Å². The van der Waals surface area contributed by atoms with Crippen LogP contribution in [0.5, 0.6) is 5.75 Å². The van der Waals surface area contributed by atoms with Gasteiger partial charge in [-0.05, 0) is 24.3 Å². The second kappa shape index (κ2) is 6.63. The summed E-state index contributed by atoms with van der Waals surface area (Å²) >= 11 is 7.47. The molecule has 0 amide bonds. The molecule has 122 valence electrons. The molecule has 3 aromatic rings. The van der Waals surface area contributed by atoms with Crippen LogP contribution in [0.1, 0.15) is 11.4 Å². The fourth-order valence-corrected chi connectivity index (χ4v) is 3.63. The van der Waals surface area contributed by atoms with Crippen LogP contribution in [-0.4, -0.2) is 21.1 Å². The average molecular weight is 367 g/mol. The van der Waals surface area contributed by atoms with E-state index in [-0.39, 0.29) is 6.10 Å². The number of rotatable bonds is 3. The first-order valence-electron chi connectivity index (χ1n) is 7.54. The molecule has 5 nitrogen and oxygen atoms in total. The van der Waals surface area contributed by atoms with Gasteiger partial charge in [0.05, 0.1) is 17.8 Å². The van der Waals surface area contributed by atoms with Gasteiger partial charge in [-0.3, -0.25) is 0 Å². The highest BCUT2D eigenvalue weighted by Gasteiger charge is 2.22. The molecule has 0 saturated carbocycles. The summed E-state index contributed by atoms with van der Waals surface area (Å²) in [5.41, 5.74) is 2.22. The van der Waals surface area contributed by atoms with Gasteiger partial charge in [-0.1, -0.05) is 35.1 Å². The van der Waals surface area contributed by atoms with E-state index in [9.17, 15) is 5.26 Å². The lowest BCUT2D eigenvalue weighted by Gasteiger charge is -2.21. The van der Waals surface area contributed by atoms with Gasteiger partial charge in [0.15, 0.2) is 0 Å². The van der Waals surface area contributed by atoms with E-state index in [0.717, 1.165) is 20.9 Å². The van der Waals surface area contributed by atoms with E-state index in [2.05, 4.69) is 21.0 Å². The van der Waals surface area contributed by atoms with Crippen LogP contribution < -0.4 is 4.74 Å². The largest absolute Gasteiger partial charge is 0.485 e. The number of halogens is 1. The zero-order valence-corrected chi connectivity index (χ0v) is 14.5. The third-order valence-corrected chi connectivity index (χ3v) is 5.00. The Bertz CT molecular complexity index is 1020. The van der Waals surface area contributed by atoms with Gasteiger partial charge in [0, 0.05) is 17.0 Å². The number of thiazole rings is 1. The summed E-state index contributed by atoms with van der Waals surface area (Å²) in [5.74, 6) is 0.644. The van der Waals surface area contributed by atoms with Crippen molar-refractivity contribution in [2.75, 3.05) is 0 Å². The maximum absolute atomic E-state index is 9.51. The molecule has 2 aromatic heterocycles. The van der Waals surface area contributed by atoms with Crippen molar-refractivity contribution in [2.45, 2.75) is 12.5 Å². The van der Waals surface area contributed by atoms with Crippen molar-refractivity contribution >= 4 is 38.9 Å². The van der Waals surface area contributed by atoms with Gasteiger partial charge in [-0.25, -0.2) is 15.0 Å². The highest BCUT2D eigenvalue weighted by molar-refractivity contribution is 7.19. The lowest BCUT2D eigenvalue weighted by Crippen LogP contribution is -2.20. The second-order valence-electron chi connectivity index (χ2n) is 5.40. The van der Waals surface area contributed by atoms with Crippen LogP contribution in [0.25, 0.3) is 15.9 Å². The van der Waals surface area contributed by atoms with E-state index in [1.54, 1.807) is 18.3 Å². The first kappa shape index (κ1) is 15.8. The van der Waals surface area contributed by atoms with E-state index in [0.29, 0.717) is 22.8 Å². The first-order valence-corrected chi connectivity index (χ1v) is 8.73. The molecule has 2 heterocycles. The quantitative estimate of drug-likeness (QED) is 0.685. The van der Waals surface area contributed by atoms with Crippen molar-refractivity contribution in [3.63, 3.8) is 0 Å². The molecule has 0 fully saturated rings. The topological polar surface area (TPSA) is 71.7 Å². The third kappa shape index (κ3) is 3.25. The molecule has 1 aromatic carbocycles. The fourth-order valence-electron chi connectivity index (χ4n) is 2.56. The van der Waals surface area contributed by atoms with Crippen LogP contribution in [0, 0.1) is 11.3 Å². The number of allylic oxidation sites excluding steroid dienone is 2. The Kier molecular flexibility index (Phi) is 4.18. The van der Waals surface area contributed by atoms with Gasteiger partial charge in [-0.2, -0.15) is 5.26 Å². The van der Waals surface area contributed by atoms with E-state index in [1.807, 2.05) is 24.3 Å². The minimum atomic E-state index is -0.332. The van der Waals surface area contributed by atoms with Crippen molar-refractivity contribution in [3.05, 3.63) is 64.5 Å². The average Bonchev–Trinajstić information content (AvgIpc) is 3.06. The Hall–Kier alpha value is -2.75. The van der Waals surface area contributed by atoms with Gasteiger partial charge in [0.2, 0.25) is 0 Å². The molecule has 0 aliphatic heterocycles. The summed E-state index contributed by atoms with van der Waals surface area (Å²) in [5, 5.41) is 10.9. The first-order chi connectivity index (χ1) is 12.2. The SMILES string of the molecule is N#CC1=CC(c2nc3cncnc3s2)=CCC1Oc1cccc(Cl)c1. The van der Waals surface area contributed by atoms with E-state index in [1.165, 1.54) is 17.7 Å². The van der Waals surface area contributed by atoms with Crippen LogP contribution in [-0.2, 0) is 0 Å². The number of nitrogens with zero attached hydrogens (tertiary/aromatic N) is 4. The normalized spacial score (nSPS) is 16.9. The zero-order chi connectivity index (χ0) is 17.2. The summed E-state index contributed by atoms with van der Waals surface area (Å²) in [6, 6.07) is 9.40. The summed E-state index contributed by atoms with van der Waals surface area (Å²) in [6.07, 6.45) is 7.30. The molecule has 0 spiro atoms. The summed E-state index contributed by atoms with van der Waals surface area (Å²) in [6.45, 7) is 0. The van der Waals surface area contributed by atoms with Crippen LogP contribution in [0.15, 0.2) is 54.5 Å². The van der Waals surface area contributed by atoms with Crippen LogP contribution in [0.4, 0.5) is 0 Å². The minimum absolute atomic E-state index is 0.332. The minimum Gasteiger partial charge on any atom is -0.485 e. The molecule has 1 aliphatic carbocycles. The van der Waals surface area contributed by atoms with Gasteiger partial charge < -0.3 is 4.74 Å². The molecular formula is C18H11ClN4OS. The van der Waals surface area contributed by atoms with Crippen molar-refractivity contribution in [2.24, 2.45) is 0 Å². The Balaban J connectivity index is 1.60. The van der Waals surface area contributed by atoms with E-state index < -0.39 is 0 Å². The molecule has 1 aliphatic rings. The monoisotopic (exact) mass is 366 g/mol. The van der Waals surface area contributed by atoms with Crippen LogP contribution >= 0.6 is 22.9 Å². The van der Waals surface area contributed by atoms with E-state index >= 15 is 0 Å². The predicted octanol–water partition coefficient (Wildman–Crippen LogP) is 4.42. The lowest BCUT2D eigenvalue weighted by molar-refractivity contribution is 0.244. The predicted molar refractivity (Wildman–Crippen MR) is 97.4 cm³/mol. The number of fused-ring (bicyclic) bond motifs is 1. The van der Waals surface area contributed by atoms with Gasteiger partial charge >= 0.3 is 0 Å². The maximum Gasteiger partial charge on any atom is 0.147 e. The number of aromatic nitrogens is 3. The molecule has 25 heavy (non-hydrogen) atoms. The third-order valence-electron chi connectivity index (χ3n) is 3.73. The molecule has 0 N–H and O–H groups in total. The fraction of sp³-hybridized carbons (Fsp3) is 0.111. The van der Waals surface area contributed by atoms with Crippen molar-refractivity contribution < 1.29 is 4.74 Å². The lowest BCUT2D eigenvalue weighted by atomic mass is 9.97. The highest BCUT2D eigenvalue weighted by atomic mass is 35.5. The summed E-state index contributed by atoms with van der Waals surface area (Å²) in [4.78, 5) is 13.6. The molecule has 0 radical (unpaired) electrons. The zero-order valence-electron chi connectivity index (χ0n) is 12.9. The highest BCUT2D eigenvalue weighted by Crippen LogP contribution is 2.32. The molecule has 0 saturated heterocycles. The number of ether oxygens (including phenoxy) is 1. The number of hydrogen-bond donors (Lipinski definition) is 0. The van der Waals surface area contributed by atoms with Crippen molar-refractivity contribution in [1.29, 1.82) is 5.26 Å². The molecule has 7 heteroatoms. The molecular weight excluding hydrogens is 356 g/mol. The van der Waals surface area contributed by atoms with Crippen molar-refractivity contribution in [1.82, 2.24) is 15.0 Å². The molecule has 4 rings (SSSR count). The van der Waals surface area contributed by atoms with Crippen LogP contribution in [0.3, 0.4) is 0 Å². The smallest absolute Gasteiger partial charge is 0.147 e. The number of hydrogen-bond acceptors (Lipinski definition) is 6. The van der Waals surface area contributed by atoms with E-state index in [4.69, 9.17) is 16.3 Å². The Morgan fingerprint density at radius 1 is 1.36 bits per heavy atom. The summed E-state index contributed by atoms with van der Waals surface area (Å²) in [7, 11) is 0. The van der Waals surface area contributed by atoms with Gasteiger partial charge in [0.25, 0.3) is 0 Å². The Morgan fingerprint density at radius 2 is 2.28 bits per heavy atom. The standard InChI is InChI=1S/C18H11ClN4OS/c19-13-2-1-3-14(7-13)24-16-5-4-11(6-12(16)8-20)17-23-15-9-21-10-22-18(15)25-17/h1-4,6-7,9-10,16H,5H2. The number of nitriles is 1. The Labute approximate surface area is 152 Å². The number of benzene rings is 1. The molecule has 0 bridgehead atoms. The Morgan fingerprint density at radius 3 is 3.08 bits per heavy atom. The second-order valence-corrected chi connectivity index (χ2v) is 6.82. The molecule has 1 atom stereocenters. The molecule has 1 unspecified atom stereocenters.